The number of para-hydroxylation sites is 1. The van der Waals surface area contributed by atoms with Gasteiger partial charge < -0.3 is 20.5 Å². The Morgan fingerprint density at radius 3 is 2.57 bits per heavy atom. The highest BCUT2D eigenvalue weighted by Gasteiger charge is 2.14. The number of nitrogens with zero attached hydrogens (tertiary/aromatic N) is 3. The largest absolute Gasteiger partial charge is 0.361 e. The van der Waals surface area contributed by atoms with Crippen molar-refractivity contribution in [3.63, 3.8) is 0 Å². The number of halogens is 1. The first-order valence-electron chi connectivity index (χ1n) is 10.3. The van der Waals surface area contributed by atoms with E-state index in [1.54, 1.807) is 0 Å². The maximum Gasteiger partial charge on any atom is 0.191 e. The van der Waals surface area contributed by atoms with Crippen molar-refractivity contribution in [2.45, 2.75) is 20.3 Å². The summed E-state index contributed by atoms with van der Waals surface area (Å²) in [7, 11) is 0. The van der Waals surface area contributed by atoms with Crippen molar-refractivity contribution < 1.29 is 0 Å². The van der Waals surface area contributed by atoms with E-state index in [1.165, 1.54) is 29.6 Å². The van der Waals surface area contributed by atoms with Gasteiger partial charge in [0.1, 0.15) is 0 Å². The van der Waals surface area contributed by atoms with E-state index in [1.807, 2.05) is 0 Å². The molecule has 3 rings (SSSR count). The van der Waals surface area contributed by atoms with Gasteiger partial charge in [-0.3, -0.25) is 9.89 Å². The van der Waals surface area contributed by atoms with Crippen LogP contribution >= 0.6 is 24.0 Å². The van der Waals surface area contributed by atoms with Gasteiger partial charge in [0, 0.05) is 62.9 Å². The van der Waals surface area contributed by atoms with Gasteiger partial charge in [-0.15, -0.1) is 24.0 Å². The van der Waals surface area contributed by atoms with Gasteiger partial charge in [0.05, 0.1) is 6.54 Å². The van der Waals surface area contributed by atoms with Crippen LogP contribution in [0.5, 0.6) is 0 Å². The Bertz CT molecular complexity index is 721. The monoisotopic (exact) mass is 498 g/mol. The van der Waals surface area contributed by atoms with Crippen LogP contribution in [0.25, 0.3) is 10.9 Å². The molecule has 3 N–H and O–H groups in total. The minimum atomic E-state index is 0. The molecule has 1 fully saturated rings. The second-order valence-corrected chi connectivity index (χ2v) is 7.07. The van der Waals surface area contributed by atoms with Crippen LogP contribution in [0.4, 0.5) is 0 Å². The van der Waals surface area contributed by atoms with E-state index >= 15 is 0 Å². The number of nitrogens with one attached hydrogen (secondary N) is 3. The lowest BCUT2D eigenvalue weighted by Gasteiger charge is -2.33. The summed E-state index contributed by atoms with van der Waals surface area (Å²) in [6.07, 6.45) is 3.10. The topological polar surface area (TPSA) is 58.7 Å². The first-order chi connectivity index (χ1) is 13.3. The molecule has 1 aliphatic rings. The van der Waals surface area contributed by atoms with Gasteiger partial charge in [-0.25, -0.2) is 0 Å². The van der Waals surface area contributed by atoms with E-state index in [0.29, 0.717) is 0 Å². The molecule has 28 heavy (non-hydrogen) atoms. The number of hydrogen-bond acceptors (Lipinski definition) is 3. The molecule has 0 amide bonds. The molecule has 1 aromatic heterocycles. The molecule has 1 aliphatic heterocycles. The van der Waals surface area contributed by atoms with Crippen LogP contribution in [0.15, 0.2) is 35.5 Å². The molecule has 0 unspecified atom stereocenters. The molecule has 0 radical (unpaired) electrons. The SMILES string of the molecule is CCNC(=NCCN1CCN(CC)CC1)NCCc1c[nH]c2ccccc12.I. The highest BCUT2D eigenvalue weighted by molar-refractivity contribution is 14.0. The Labute approximate surface area is 186 Å². The molecule has 0 bridgehead atoms. The number of likely N-dealkylation sites (N-methyl/N-ethyl adjacent to an activating group) is 1. The highest BCUT2D eigenvalue weighted by Crippen LogP contribution is 2.17. The van der Waals surface area contributed by atoms with E-state index in [0.717, 1.165) is 58.2 Å². The van der Waals surface area contributed by atoms with Gasteiger partial charge in [0.15, 0.2) is 5.96 Å². The number of fused-ring (bicyclic) bond motifs is 1. The number of aromatic amines is 1. The average Bonchev–Trinajstić information content (AvgIpc) is 3.12. The molecule has 1 aromatic carbocycles. The highest BCUT2D eigenvalue weighted by atomic mass is 127. The van der Waals surface area contributed by atoms with E-state index < -0.39 is 0 Å². The number of benzene rings is 1. The van der Waals surface area contributed by atoms with Crippen molar-refractivity contribution in [1.82, 2.24) is 25.4 Å². The van der Waals surface area contributed by atoms with Crippen molar-refractivity contribution in [3.8, 4) is 0 Å². The molecule has 6 nitrogen and oxygen atoms in total. The summed E-state index contributed by atoms with van der Waals surface area (Å²) < 4.78 is 0. The third kappa shape index (κ3) is 6.63. The Hall–Kier alpha value is -1.32. The van der Waals surface area contributed by atoms with Crippen LogP contribution in [0.2, 0.25) is 0 Å². The number of piperazine rings is 1. The lowest BCUT2D eigenvalue weighted by Crippen LogP contribution is -2.47. The van der Waals surface area contributed by atoms with Crippen molar-refractivity contribution in [2.75, 3.05) is 58.9 Å². The Morgan fingerprint density at radius 2 is 1.82 bits per heavy atom. The normalized spacial score (nSPS) is 16.1. The van der Waals surface area contributed by atoms with Crippen molar-refractivity contribution in [2.24, 2.45) is 4.99 Å². The molecule has 0 atom stereocenters. The van der Waals surface area contributed by atoms with Gasteiger partial charge in [0.25, 0.3) is 0 Å². The number of H-pyrrole nitrogens is 1. The van der Waals surface area contributed by atoms with E-state index in [4.69, 9.17) is 4.99 Å². The molecule has 0 saturated carbocycles. The summed E-state index contributed by atoms with van der Waals surface area (Å²) in [5.74, 6) is 0.921. The first-order valence-corrected chi connectivity index (χ1v) is 10.3. The average molecular weight is 498 g/mol. The molecule has 156 valence electrons. The van der Waals surface area contributed by atoms with Crippen LogP contribution in [0.1, 0.15) is 19.4 Å². The van der Waals surface area contributed by atoms with E-state index in [9.17, 15) is 0 Å². The maximum absolute atomic E-state index is 4.76. The zero-order valence-electron chi connectivity index (χ0n) is 17.2. The van der Waals surface area contributed by atoms with E-state index in [2.05, 4.69) is 69.7 Å². The smallest absolute Gasteiger partial charge is 0.191 e. The van der Waals surface area contributed by atoms with Crippen LogP contribution in [0.3, 0.4) is 0 Å². The number of aliphatic imine (C=N–C) groups is 1. The number of aromatic nitrogens is 1. The minimum Gasteiger partial charge on any atom is -0.361 e. The second kappa shape index (κ2) is 12.3. The van der Waals surface area contributed by atoms with Gasteiger partial charge in [0.2, 0.25) is 0 Å². The quantitative estimate of drug-likeness (QED) is 0.298. The number of hydrogen-bond donors (Lipinski definition) is 3. The summed E-state index contributed by atoms with van der Waals surface area (Å²) in [5, 5.41) is 8.15. The Morgan fingerprint density at radius 1 is 1.07 bits per heavy atom. The van der Waals surface area contributed by atoms with Crippen LogP contribution in [0, 0.1) is 0 Å². The minimum absolute atomic E-state index is 0. The lowest BCUT2D eigenvalue weighted by atomic mass is 10.1. The predicted molar refractivity (Wildman–Crippen MR) is 130 cm³/mol. The molecular weight excluding hydrogens is 463 g/mol. The van der Waals surface area contributed by atoms with E-state index in [-0.39, 0.29) is 24.0 Å². The molecule has 0 aliphatic carbocycles. The summed E-state index contributed by atoms with van der Waals surface area (Å²) in [6.45, 7) is 13.8. The second-order valence-electron chi connectivity index (χ2n) is 7.07. The Kier molecular flexibility index (Phi) is 10.1. The predicted octanol–water partition coefficient (Wildman–Crippen LogP) is 2.52. The van der Waals surface area contributed by atoms with Crippen LogP contribution < -0.4 is 10.6 Å². The van der Waals surface area contributed by atoms with Crippen molar-refractivity contribution >= 4 is 40.8 Å². The number of rotatable bonds is 8. The van der Waals surface area contributed by atoms with Gasteiger partial charge >= 0.3 is 0 Å². The fourth-order valence-corrected chi connectivity index (χ4v) is 3.63. The fourth-order valence-electron chi connectivity index (χ4n) is 3.63. The van der Waals surface area contributed by atoms with Gasteiger partial charge in [-0.2, -0.15) is 0 Å². The van der Waals surface area contributed by atoms with Crippen molar-refractivity contribution in [1.29, 1.82) is 0 Å². The Balaban J connectivity index is 0.00000280. The molecule has 0 spiro atoms. The van der Waals surface area contributed by atoms with Crippen LogP contribution in [-0.2, 0) is 6.42 Å². The molecule has 1 saturated heterocycles. The zero-order valence-corrected chi connectivity index (χ0v) is 19.5. The molecule has 7 heteroatoms. The molecule has 2 heterocycles. The third-order valence-electron chi connectivity index (χ3n) is 5.30. The summed E-state index contributed by atoms with van der Waals surface area (Å²) in [5.41, 5.74) is 2.55. The van der Waals surface area contributed by atoms with Crippen molar-refractivity contribution in [3.05, 3.63) is 36.0 Å². The van der Waals surface area contributed by atoms with Crippen LogP contribution in [-0.4, -0.2) is 79.6 Å². The summed E-state index contributed by atoms with van der Waals surface area (Å²) >= 11 is 0. The molecule has 2 aromatic rings. The van der Waals surface area contributed by atoms with Gasteiger partial charge in [-0.05, 0) is 31.5 Å². The third-order valence-corrected chi connectivity index (χ3v) is 5.30. The fraction of sp³-hybridized carbons (Fsp3) is 0.571. The zero-order chi connectivity index (χ0) is 18.9. The summed E-state index contributed by atoms with van der Waals surface area (Å²) in [4.78, 5) is 13.1. The number of guanidine groups is 1. The lowest BCUT2D eigenvalue weighted by molar-refractivity contribution is 0.140. The standard InChI is InChI=1S/C21H34N6.HI/c1-3-22-21(24-11-12-27-15-13-26(4-2)14-16-27)23-10-9-18-17-25-20-8-6-5-7-19(18)20;/h5-8,17,25H,3-4,9-16H2,1-2H3,(H2,22,23,24);1H. The maximum atomic E-state index is 4.76. The van der Waals surface area contributed by atoms with Gasteiger partial charge in [-0.1, -0.05) is 25.1 Å². The summed E-state index contributed by atoms with van der Waals surface area (Å²) in [6, 6.07) is 8.47. The molecular formula is C21H35IN6. The first kappa shape index (κ1) is 23.0.